The molecule has 1 saturated carbocycles. The molecule has 0 N–H and O–H groups in total. The van der Waals surface area contributed by atoms with Crippen LogP contribution in [-0.2, 0) is 30.6 Å². The Hall–Kier alpha value is -1.86. The van der Waals surface area contributed by atoms with Gasteiger partial charge in [-0.25, -0.2) is 0 Å². The Morgan fingerprint density at radius 1 is 0.759 bits per heavy atom. The molecule has 0 bridgehead atoms. The molecular weight excluding hydrogens is 352 g/mol. The van der Waals surface area contributed by atoms with Crippen LogP contribution in [0.15, 0.2) is 60.7 Å². The van der Waals surface area contributed by atoms with Crippen molar-refractivity contribution in [3.8, 4) is 0 Å². The number of methoxy groups -OCH3 is 1. The van der Waals surface area contributed by atoms with Gasteiger partial charge in [0, 0.05) is 7.11 Å². The summed E-state index contributed by atoms with van der Waals surface area (Å²) in [6, 6.07) is 18.2. The van der Waals surface area contributed by atoms with Gasteiger partial charge in [0.05, 0.1) is 6.61 Å². The van der Waals surface area contributed by atoms with Crippen LogP contribution in [-0.4, -0.2) is 7.11 Å². The van der Waals surface area contributed by atoms with Gasteiger partial charge in [0.15, 0.2) is 0 Å². The van der Waals surface area contributed by atoms with Crippen molar-refractivity contribution in [2.75, 3.05) is 7.11 Å². The molecule has 0 unspecified atom stereocenters. The molecule has 0 radical (unpaired) electrons. The Balaban J connectivity index is 1.38. The Bertz CT molecular complexity index is 718. The van der Waals surface area contributed by atoms with Crippen molar-refractivity contribution in [3.63, 3.8) is 0 Å². The third-order valence-electron chi connectivity index (χ3n) is 6.44. The maximum absolute atomic E-state index is 5.18. The lowest BCUT2D eigenvalue weighted by molar-refractivity contribution is 0.185. The highest BCUT2D eigenvalue weighted by atomic mass is 16.5. The summed E-state index contributed by atoms with van der Waals surface area (Å²) >= 11 is 0. The van der Waals surface area contributed by atoms with Gasteiger partial charge < -0.3 is 4.74 Å². The van der Waals surface area contributed by atoms with Crippen LogP contribution in [0.4, 0.5) is 0 Å². The molecule has 1 aliphatic rings. The van der Waals surface area contributed by atoms with Crippen LogP contribution < -0.4 is 0 Å². The molecule has 1 aliphatic carbocycles. The summed E-state index contributed by atoms with van der Waals surface area (Å²) in [5.74, 6) is 1.78. The first-order valence-electron chi connectivity index (χ1n) is 11.6. The monoisotopic (exact) mass is 390 g/mol. The molecule has 3 rings (SSSR count). The van der Waals surface area contributed by atoms with Crippen molar-refractivity contribution in [2.45, 2.75) is 71.3 Å². The number of hydrogen-bond acceptors (Lipinski definition) is 1. The van der Waals surface area contributed by atoms with Crippen LogP contribution in [0.5, 0.6) is 0 Å². The number of ether oxygens (including phenoxy) is 1. The van der Waals surface area contributed by atoms with Gasteiger partial charge in [-0.2, -0.15) is 0 Å². The largest absolute Gasteiger partial charge is 0.380 e. The van der Waals surface area contributed by atoms with E-state index >= 15 is 0 Å². The van der Waals surface area contributed by atoms with Crippen molar-refractivity contribution >= 4 is 0 Å². The number of allylic oxidation sites excluding steroid dienone is 2. The van der Waals surface area contributed by atoms with Gasteiger partial charge >= 0.3 is 0 Å². The molecule has 0 aromatic heterocycles. The van der Waals surface area contributed by atoms with Crippen molar-refractivity contribution in [1.82, 2.24) is 0 Å². The maximum Gasteiger partial charge on any atom is 0.0713 e. The van der Waals surface area contributed by atoms with Crippen LogP contribution in [0.1, 0.15) is 67.7 Å². The van der Waals surface area contributed by atoms with E-state index in [4.69, 9.17) is 4.74 Å². The van der Waals surface area contributed by atoms with Crippen LogP contribution in [0.25, 0.3) is 0 Å². The summed E-state index contributed by atoms with van der Waals surface area (Å²) in [5.41, 5.74) is 5.59. The van der Waals surface area contributed by atoms with Crippen LogP contribution in [0.2, 0.25) is 0 Å². The van der Waals surface area contributed by atoms with Crippen molar-refractivity contribution in [1.29, 1.82) is 0 Å². The lowest BCUT2D eigenvalue weighted by Crippen LogP contribution is -2.13. The number of benzene rings is 2. The summed E-state index contributed by atoms with van der Waals surface area (Å²) in [7, 11) is 1.74. The lowest BCUT2D eigenvalue weighted by atomic mass is 9.79. The molecule has 1 heteroatoms. The molecule has 1 nitrogen and oxygen atoms in total. The quantitative estimate of drug-likeness (QED) is 0.386. The zero-order chi connectivity index (χ0) is 20.3. The zero-order valence-electron chi connectivity index (χ0n) is 18.4. The van der Waals surface area contributed by atoms with Gasteiger partial charge in [-0.3, -0.25) is 0 Å². The first kappa shape index (κ1) is 21.8. The molecule has 29 heavy (non-hydrogen) atoms. The van der Waals surface area contributed by atoms with E-state index in [1.165, 1.54) is 67.2 Å². The van der Waals surface area contributed by atoms with Gasteiger partial charge in [-0.15, -0.1) is 0 Å². The SMILES string of the molecule is CCC=C[C@H]1CC[C@H](CCc2ccc(CCc3ccc(COC)cc3)cc2)CC1. The number of aryl methyl sites for hydroxylation is 3. The average Bonchev–Trinajstić information content (AvgIpc) is 2.77. The molecule has 0 heterocycles. The van der Waals surface area contributed by atoms with E-state index in [0.717, 1.165) is 24.7 Å². The highest BCUT2D eigenvalue weighted by Crippen LogP contribution is 2.32. The third-order valence-corrected chi connectivity index (χ3v) is 6.44. The highest BCUT2D eigenvalue weighted by molar-refractivity contribution is 5.26. The van der Waals surface area contributed by atoms with Gasteiger partial charge in [-0.05, 0) is 91.9 Å². The van der Waals surface area contributed by atoms with Gasteiger partial charge in [0.25, 0.3) is 0 Å². The Kier molecular flexibility index (Phi) is 9.02. The van der Waals surface area contributed by atoms with Crippen molar-refractivity contribution in [2.24, 2.45) is 11.8 Å². The molecular formula is C28H38O. The van der Waals surface area contributed by atoms with E-state index in [1.54, 1.807) is 7.11 Å². The second-order valence-corrected chi connectivity index (χ2v) is 8.72. The minimum atomic E-state index is 0.694. The van der Waals surface area contributed by atoms with E-state index in [-0.39, 0.29) is 0 Å². The van der Waals surface area contributed by atoms with E-state index in [0.29, 0.717) is 6.61 Å². The second kappa shape index (κ2) is 12.0. The Morgan fingerprint density at radius 3 is 1.79 bits per heavy atom. The fourth-order valence-electron chi connectivity index (χ4n) is 4.50. The fraction of sp³-hybridized carbons (Fsp3) is 0.500. The van der Waals surface area contributed by atoms with Crippen LogP contribution in [0, 0.1) is 11.8 Å². The summed E-state index contributed by atoms with van der Waals surface area (Å²) in [4.78, 5) is 0. The molecule has 1 fully saturated rings. The first-order chi connectivity index (χ1) is 14.3. The first-order valence-corrected chi connectivity index (χ1v) is 11.6. The van der Waals surface area contributed by atoms with Crippen molar-refractivity contribution in [3.05, 3.63) is 82.9 Å². The maximum atomic E-state index is 5.18. The second-order valence-electron chi connectivity index (χ2n) is 8.72. The Morgan fingerprint density at radius 2 is 1.28 bits per heavy atom. The Labute approximate surface area is 178 Å². The molecule has 0 amide bonds. The van der Waals surface area contributed by atoms with Gasteiger partial charge in [0.2, 0.25) is 0 Å². The highest BCUT2D eigenvalue weighted by Gasteiger charge is 2.19. The van der Waals surface area contributed by atoms with Crippen LogP contribution >= 0.6 is 0 Å². The van der Waals surface area contributed by atoms with Crippen LogP contribution in [0.3, 0.4) is 0 Å². The molecule has 156 valence electrons. The fourth-order valence-corrected chi connectivity index (χ4v) is 4.50. The van der Waals surface area contributed by atoms with Gasteiger partial charge in [-0.1, -0.05) is 67.6 Å². The lowest BCUT2D eigenvalue weighted by Gasteiger charge is -2.26. The molecule has 0 saturated heterocycles. The standard InChI is InChI=1S/C28H38O/c1-3-4-5-23-6-8-24(9-7-23)10-11-25-12-14-26(15-13-25)16-17-27-18-20-28(21-19-27)22-29-2/h4-5,12-15,18-21,23-24H,3,6-11,16-17,22H2,1-2H3/t23-,24-. The van der Waals surface area contributed by atoms with E-state index in [9.17, 15) is 0 Å². The molecule has 0 atom stereocenters. The molecule has 0 spiro atoms. The normalized spacial score (nSPS) is 19.7. The number of rotatable bonds is 10. The average molecular weight is 391 g/mol. The van der Waals surface area contributed by atoms with Gasteiger partial charge in [0.1, 0.15) is 0 Å². The van der Waals surface area contributed by atoms with E-state index < -0.39 is 0 Å². The van der Waals surface area contributed by atoms with Crippen molar-refractivity contribution < 1.29 is 4.74 Å². The van der Waals surface area contributed by atoms with E-state index in [1.807, 2.05) is 0 Å². The summed E-state index contributed by atoms with van der Waals surface area (Å²) in [6.45, 7) is 2.92. The summed E-state index contributed by atoms with van der Waals surface area (Å²) < 4.78 is 5.18. The molecule has 0 aliphatic heterocycles. The predicted molar refractivity (Wildman–Crippen MR) is 124 cm³/mol. The number of hydrogen-bond donors (Lipinski definition) is 0. The topological polar surface area (TPSA) is 9.23 Å². The minimum absolute atomic E-state index is 0.694. The third kappa shape index (κ3) is 7.48. The minimum Gasteiger partial charge on any atom is -0.380 e. The summed E-state index contributed by atoms with van der Waals surface area (Å²) in [6.07, 6.45) is 16.4. The zero-order valence-corrected chi connectivity index (χ0v) is 18.4. The smallest absolute Gasteiger partial charge is 0.0713 e. The molecule has 2 aromatic carbocycles. The predicted octanol–water partition coefficient (Wildman–Crippen LogP) is 7.32. The molecule has 2 aromatic rings. The summed E-state index contributed by atoms with van der Waals surface area (Å²) in [5, 5.41) is 0. The van der Waals surface area contributed by atoms with E-state index in [2.05, 4.69) is 67.6 Å².